The molecule has 0 radical (unpaired) electrons. The fourth-order valence-electron chi connectivity index (χ4n) is 3.74. The molecule has 4 amide bonds. The lowest BCUT2D eigenvalue weighted by atomic mass is 9.96. The molecule has 4 unspecified atom stereocenters. The van der Waals surface area contributed by atoms with Gasteiger partial charge in [0.2, 0.25) is 23.6 Å². The van der Waals surface area contributed by atoms with Crippen LogP contribution in [0.25, 0.3) is 10.9 Å². The van der Waals surface area contributed by atoms with E-state index in [4.69, 9.17) is 11.5 Å². The molecule has 9 N–H and O–H groups in total. The largest absolute Gasteiger partial charge is 0.480 e. The van der Waals surface area contributed by atoms with Crippen molar-refractivity contribution in [3.8, 4) is 0 Å². The van der Waals surface area contributed by atoms with Gasteiger partial charge in [0.15, 0.2) is 0 Å². The second kappa shape index (κ2) is 13.2. The predicted molar refractivity (Wildman–Crippen MR) is 132 cm³/mol. The molecule has 1 aromatic heterocycles. The van der Waals surface area contributed by atoms with Crippen LogP contribution in [0.15, 0.2) is 30.5 Å². The van der Waals surface area contributed by atoms with Crippen molar-refractivity contribution in [1.29, 1.82) is 0 Å². The van der Waals surface area contributed by atoms with Crippen LogP contribution in [0.4, 0.5) is 0 Å². The quantitative estimate of drug-likeness (QED) is 0.180. The van der Waals surface area contributed by atoms with Crippen LogP contribution in [-0.4, -0.2) is 64.4 Å². The van der Waals surface area contributed by atoms with Gasteiger partial charge in [-0.1, -0.05) is 38.5 Å². The van der Waals surface area contributed by atoms with E-state index in [1.807, 2.05) is 31.2 Å². The fraction of sp³-hybridized carbons (Fsp3) is 0.458. The van der Waals surface area contributed by atoms with E-state index < -0.39 is 47.7 Å². The number of rotatable bonds is 14. The van der Waals surface area contributed by atoms with E-state index in [0.29, 0.717) is 6.42 Å². The molecule has 0 aliphatic carbocycles. The van der Waals surface area contributed by atoms with Gasteiger partial charge in [0.05, 0.1) is 6.54 Å². The Kier molecular flexibility index (Phi) is 10.4. The molecular formula is C24H34N6O6. The van der Waals surface area contributed by atoms with E-state index >= 15 is 0 Å². The summed E-state index contributed by atoms with van der Waals surface area (Å²) in [5, 5.41) is 17.9. The Labute approximate surface area is 208 Å². The highest BCUT2D eigenvalue weighted by Gasteiger charge is 2.32. The smallest absolute Gasteiger partial charge is 0.326 e. The topological polar surface area (TPSA) is 210 Å². The molecule has 36 heavy (non-hydrogen) atoms. The van der Waals surface area contributed by atoms with Crippen LogP contribution in [0.1, 0.15) is 38.7 Å². The van der Waals surface area contributed by atoms with Crippen molar-refractivity contribution in [3.63, 3.8) is 0 Å². The Morgan fingerprint density at radius 1 is 1.03 bits per heavy atom. The van der Waals surface area contributed by atoms with E-state index in [2.05, 4.69) is 20.9 Å². The van der Waals surface area contributed by atoms with E-state index in [0.717, 1.165) is 16.5 Å². The number of aromatic nitrogens is 1. The first kappa shape index (κ1) is 28.3. The number of aromatic amines is 1. The average molecular weight is 503 g/mol. The maximum absolute atomic E-state index is 13.3. The first-order valence-electron chi connectivity index (χ1n) is 11.7. The Morgan fingerprint density at radius 2 is 1.72 bits per heavy atom. The molecule has 0 aliphatic rings. The third-order valence-electron chi connectivity index (χ3n) is 6.02. The van der Waals surface area contributed by atoms with Crippen molar-refractivity contribution in [1.82, 2.24) is 20.9 Å². The van der Waals surface area contributed by atoms with Gasteiger partial charge >= 0.3 is 5.97 Å². The number of hydrogen-bond acceptors (Lipinski definition) is 6. The Morgan fingerprint density at radius 3 is 2.33 bits per heavy atom. The molecule has 0 aliphatic heterocycles. The maximum atomic E-state index is 13.3. The number of para-hydroxylation sites is 1. The number of carbonyl (C=O) groups excluding carboxylic acids is 4. The molecule has 0 saturated heterocycles. The summed E-state index contributed by atoms with van der Waals surface area (Å²) >= 11 is 0. The number of H-pyrrole nitrogens is 1. The maximum Gasteiger partial charge on any atom is 0.326 e. The van der Waals surface area contributed by atoms with Crippen molar-refractivity contribution in [2.45, 2.75) is 57.7 Å². The van der Waals surface area contributed by atoms with Crippen LogP contribution < -0.4 is 27.4 Å². The first-order valence-corrected chi connectivity index (χ1v) is 11.7. The van der Waals surface area contributed by atoms with E-state index in [-0.39, 0.29) is 31.7 Å². The average Bonchev–Trinajstić information content (AvgIpc) is 3.26. The number of aliphatic carboxylic acids is 1. The highest BCUT2D eigenvalue weighted by Crippen LogP contribution is 2.19. The standard InChI is InChI=1S/C24H34N6O6/c1-3-13(2)21(23(34)29-17(24(35)36)8-9-19(26)31)30-22(33)18(28-20(32)11-25)10-14-12-27-16-7-5-4-6-15(14)16/h4-7,12-13,17-18,21,27H,3,8-11,25H2,1-2H3,(H2,26,31)(H,28,32)(H,29,34)(H,30,33)(H,35,36). The molecule has 0 fully saturated rings. The van der Waals surface area contributed by atoms with Crippen LogP contribution in [0.3, 0.4) is 0 Å². The number of nitrogens with one attached hydrogen (secondary N) is 4. The van der Waals surface area contributed by atoms with Gasteiger partial charge in [-0.3, -0.25) is 19.2 Å². The van der Waals surface area contributed by atoms with Gasteiger partial charge in [0.25, 0.3) is 0 Å². The number of carboxylic acid groups (broad SMARTS) is 1. The lowest BCUT2D eigenvalue weighted by Gasteiger charge is -2.27. The van der Waals surface area contributed by atoms with Crippen LogP contribution in [-0.2, 0) is 30.4 Å². The summed E-state index contributed by atoms with van der Waals surface area (Å²) in [5.74, 6) is -4.27. The predicted octanol–water partition coefficient (Wildman–Crippen LogP) is -0.480. The number of amides is 4. The van der Waals surface area contributed by atoms with Gasteiger partial charge in [0, 0.05) is 29.9 Å². The summed E-state index contributed by atoms with van der Waals surface area (Å²) in [6, 6.07) is 4.01. The SMILES string of the molecule is CCC(C)C(NC(=O)C(Cc1c[nH]c2ccccc12)NC(=O)CN)C(=O)NC(CCC(N)=O)C(=O)O. The van der Waals surface area contributed by atoms with E-state index in [9.17, 15) is 29.1 Å². The highest BCUT2D eigenvalue weighted by atomic mass is 16.4. The van der Waals surface area contributed by atoms with Crippen molar-refractivity contribution in [2.24, 2.45) is 17.4 Å². The third-order valence-corrected chi connectivity index (χ3v) is 6.02. The number of carboxylic acids is 1. The number of hydrogen-bond donors (Lipinski definition) is 7. The third kappa shape index (κ3) is 7.80. The van der Waals surface area contributed by atoms with Crippen LogP contribution in [0.5, 0.6) is 0 Å². The molecule has 0 saturated carbocycles. The van der Waals surface area contributed by atoms with E-state index in [1.54, 1.807) is 13.1 Å². The molecular weight excluding hydrogens is 468 g/mol. The molecule has 196 valence electrons. The minimum Gasteiger partial charge on any atom is -0.480 e. The van der Waals surface area contributed by atoms with Crippen molar-refractivity contribution >= 4 is 40.5 Å². The molecule has 12 heteroatoms. The van der Waals surface area contributed by atoms with Gasteiger partial charge in [-0.25, -0.2) is 4.79 Å². The number of fused-ring (bicyclic) bond motifs is 1. The van der Waals surface area contributed by atoms with Crippen LogP contribution in [0.2, 0.25) is 0 Å². The molecule has 2 rings (SSSR count). The number of nitrogens with two attached hydrogens (primary N) is 2. The zero-order valence-electron chi connectivity index (χ0n) is 20.4. The van der Waals surface area contributed by atoms with Gasteiger partial charge in [-0.05, 0) is 24.0 Å². The summed E-state index contributed by atoms with van der Waals surface area (Å²) in [4.78, 5) is 64.1. The van der Waals surface area contributed by atoms with E-state index in [1.165, 1.54) is 0 Å². The summed E-state index contributed by atoms with van der Waals surface area (Å²) in [6.45, 7) is 3.22. The van der Waals surface area contributed by atoms with Gasteiger partial charge in [-0.15, -0.1) is 0 Å². The summed E-state index contributed by atoms with van der Waals surface area (Å²) in [5.41, 5.74) is 12.2. The van der Waals surface area contributed by atoms with Crippen molar-refractivity contribution < 1.29 is 29.1 Å². The molecule has 0 bridgehead atoms. The Balaban J connectivity index is 2.24. The molecule has 1 heterocycles. The van der Waals surface area contributed by atoms with Crippen molar-refractivity contribution in [3.05, 3.63) is 36.0 Å². The number of carbonyl (C=O) groups is 5. The Bertz CT molecular complexity index is 1100. The summed E-state index contributed by atoms with van der Waals surface area (Å²) < 4.78 is 0. The second-order valence-corrected chi connectivity index (χ2v) is 8.66. The molecule has 0 spiro atoms. The number of primary amides is 1. The van der Waals surface area contributed by atoms with Crippen LogP contribution in [0, 0.1) is 5.92 Å². The van der Waals surface area contributed by atoms with Crippen molar-refractivity contribution in [2.75, 3.05) is 6.54 Å². The van der Waals surface area contributed by atoms with Gasteiger partial charge in [-0.2, -0.15) is 0 Å². The minimum absolute atomic E-state index is 0.132. The number of benzene rings is 1. The molecule has 2 aromatic rings. The molecule has 12 nitrogen and oxygen atoms in total. The van der Waals surface area contributed by atoms with Gasteiger partial charge < -0.3 is 37.5 Å². The molecule has 1 aromatic carbocycles. The monoisotopic (exact) mass is 502 g/mol. The summed E-state index contributed by atoms with van der Waals surface area (Å²) in [6.07, 6.45) is 1.96. The lowest BCUT2D eigenvalue weighted by molar-refractivity contribution is -0.143. The lowest BCUT2D eigenvalue weighted by Crippen LogP contribution is -2.58. The summed E-state index contributed by atoms with van der Waals surface area (Å²) in [7, 11) is 0. The highest BCUT2D eigenvalue weighted by molar-refractivity contribution is 5.94. The molecule has 4 atom stereocenters. The second-order valence-electron chi connectivity index (χ2n) is 8.66. The zero-order chi connectivity index (χ0) is 26.8. The fourth-order valence-corrected chi connectivity index (χ4v) is 3.74. The van der Waals surface area contributed by atoms with Crippen LogP contribution >= 0.6 is 0 Å². The minimum atomic E-state index is -1.35. The normalized spacial score (nSPS) is 14.3. The first-order chi connectivity index (χ1) is 17.1. The Hall–Kier alpha value is -3.93. The van der Waals surface area contributed by atoms with Gasteiger partial charge in [0.1, 0.15) is 18.1 Å². The zero-order valence-corrected chi connectivity index (χ0v) is 20.4.